The molecule has 3 heterocycles. The summed E-state index contributed by atoms with van der Waals surface area (Å²) in [6.07, 6.45) is 4.09. The number of primary amides is 1. The van der Waals surface area contributed by atoms with E-state index in [1.54, 1.807) is 49.7 Å². The van der Waals surface area contributed by atoms with Crippen LogP contribution in [0.25, 0.3) is 11.1 Å². The van der Waals surface area contributed by atoms with Gasteiger partial charge in [0.25, 0.3) is 11.8 Å². The van der Waals surface area contributed by atoms with Gasteiger partial charge >= 0.3 is 5.97 Å². The number of amides is 9. The molecule has 24 heteroatoms. The predicted octanol–water partition coefficient (Wildman–Crippen LogP) is 0.770. The Hall–Kier alpha value is -8.67. The molecule has 0 saturated carbocycles. The number of carbonyl (C=O) groups excluding carboxylic acids is 9. The van der Waals surface area contributed by atoms with Crippen molar-refractivity contribution in [2.24, 2.45) is 11.1 Å². The molecule has 0 unspecified atom stereocenters. The van der Waals surface area contributed by atoms with Gasteiger partial charge in [-0.15, -0.1) is 0 Å². The van der Waals surface area contributed by atoms with Crippen LogP contribution in [0.15, 0.2) is 97.5 Å². The average molecular weight is 1060 g/mol. The third-order valence-corrected chi connectivity index (χ3v) is 11.9. The first-order valence-electron chi connectivity index (χ1n) is 24.0. The second-order valence-corrected chi connectivity index (χ2v) is 18.8. The number of aliphatic carboxylic acids is 1. The molecule has 0 bridgehead atoms. The minimum absolute atomic E-state index is 0.0685. The van der Waals surface area contributed by atoms with Crippen molar-refractivity contribution in [2.45, 2.75) is 83.6 Å². The predicted molar refractivity (Wildman–Crippen MR) is 267 cm³/mol. The molecule has 404 valence electrons. The largest absolute Gasteiger partial charge is 0.481 e. The summed E-state index contributed by atoms with van der Waals surface area (Å²) in [5.74, 6) is -10.5. The third-order valence-electron chi connectivity index (χ3n) is 11.9. The van der Waals surface area contributed by atoms with E-state index in [-0.39, 0.29) is 43.7 Å². The highest BCUT2D eigenvalue weighted by atomic mass is 19.1. The second-order valence-electron chi connectivity index (χ2n) is 18.8. The van der Waals surface area contributed by atoms with Gasteiger partial charge in [-0.3, -0.25) is 57.8 Å². The van der Waals surface area contributed by atoms with Crippen molar-refractivity contribution in [3.8, 4) is 11.1 Å². The number of nitrogens with zero attached hydrogens (tertiary/aromatic N) is 4. The Morgan fingerprint density at radius 3 is 1.97 bits per heavy atom. The van der Waals surface area contributed by atoms with Crippen LogP contribution in [0.1, 0.15) is 69.3 Å². The van der Waals surface area contributed by atoms with Crippen molar-refractivity contribution >= 4 is 59.1 Å². The van der Waals surface area contributed by atoms with Gasteiger partial charge in [0.1, 0.15) is 42.9 Å². The molecule has 5 rings (SSSR count). The molecule has 0 fully saturated rings. The number of aromatic nitrogens is 2. The highest BCUT2D eigenvalue weighted by Crippen LogP contribution is 2.41. The average Bonchev–Trinajstić information content (AvgIpc) is 3.92. The Morgan fingerprint density at radius 2 is 1.38 bits per heavy atom. The zero-order chi connectivity index (χ0) is 55.7. The molecule has 1 aliphatic rings. The number of aliphatic hydroxyl groups excluding tert-OH is 1. The minimum atomic E-state index is -1.61. The molecule has 4 aromatic rings. The maximum atomic E-state index is 15.4. The molecule has 9 amide bonds. The highest BCUT2D eigenvalue weighted by Gasteiger charge is 2.39. The Labute approximate surface area is 435 Å². The Kier molecular flexibility index (Phi) is 20.7. The molecular weight excluding hydrogens is 995 g/mol. The van der Waals surface area contributed by atoms with Crippen LogP contribution in [0.3, 0.4) is 0 Å². The number of pyridine rings is 1. The molecule has 0 saturated heterocycles. The number of halogens is 2. The number of aliphatic hydroxyl groups is 1. The molecule has 22 nitrogen and oxygen atoms in total. The molecule has 9 N–H and O–H groups in total. The number of carboxylic acids is 1. The standard InChI is InChI=1S/C52H60F2N10O12/c1-52(2,3)48(40-24-33(35-25-34(53)9-10-36(35)54)28-62(40)27-32-7-5-4-6-8-32)63(46(71)30-65)22-17-38(61-51(76)39(26-41(55)66)60-42(67)23-31-15-18-56-19-16-31)50(75)58-21-20-57-49(74)37(11-14-47(72)73)59-43(68)29-64-44(69)12-13-45(64)70/h4-10,12-13,15-16,18-19,24-25,28,37-39,48,65H,11,14,17,20-23,26-27,29-30H2,1-3H3,(H2,55,66)(H,57,74)(H,58,75)(H,59,68)(H,60,67)(H,61,76)(H,72,73)/t37-,38+,39+,48+/m1/s1. The van der Waals surface area contributed by atoms with Crippen molar-refractivity contribution in [1.82, 2.24) is 45.9 Å². The van der Waals surface area contributed by atoms with E-state index in [4.69, 9.17) is 5.73 Å². The zero-order valence-corrected chi connectivity index (χ0v) is 41.9. The molecule has 2 aromatic carbocycles. The van der Waals surface area contributed by atoms with E-state index >= 15 is 4.39 Å². The van der Waals surface area contributed by atoms with Crippen molar-refractivity contribution in [2.75, 3.05) is 32.8 Å². The van der Waals surface area contributed by atoms with Crippen LogP contribution >= 0.6 is 0 Å². The van der Waals surface area contributed by atoms with Gasteiger partial charge in [-0.05, 0) is 65.8 Å². The molecule has 0 aliphatic carbocycles. The smallest absolute Gasteiger partial charge is 0.303 e. The molecule has 2 aromatic heterocycles. The second kappa shape index (κ2) is 27.0. The summed E-state index contributed by atoms with van der Waals surface area (Å²) in [6.45, 7) is 2.72. The number of nitrogens with two attached hydrogens (primary N) is 1. The van der Waals surface area contributed by atoms with E-state index in [0.717, 1.165) is 35.9 Å². The van der Waals surface area contributed by atoms with Gasteiger partial charge in [0.15, 0.2) is 0 Å². The molecule has 76 heavy (non-hydrogen) atoms. The van der Waals surface area contributed by atoms with Crippen molar-refractivity contribution < 1.29 is 66.9 Å². The van der Waals surface area contributed by atoms with Crippen LogP contribution in [0.5, 0.6) is 0 Å². The molecule has 0 spiro atoms. The van der Waals surface area contributed by atoms with E-state index in [2.05, 4.69) is 31.6 Å². The van der Waals surface area contributed by atoms with Gasteiger partial charge in [-0.1, -0.05) is 51.1 Å². The van der Waals surface area contributed by atoms with Gasteiger partial charge < -0.3 is 52.0 Å². The lowest BCUT2D eigenvalue weighted by atomic mass is 9.82. The number of rotatable bonds is 27. The first kappa shape index (κ1) is 58.2. The summed E-state index contributed by atoms with van der Waals surface area (Å²) < 4.78 is 31.8. The summed E-state index contributed by atoms with van der Waals surface area (Å²) in [4.78, 5) is 135. The highest BCUT2D eigenvalue weighted by molar-refractivity contribution is 6.14. The Morgan fingerprint density at radius 1 is 0.763 bits per heavy atom. The number of nitrogens with one attached hydrogen (secondary N) is 5. The topological polar surface area (TPSA) is 322 Å². The van der Waals surface area contributed by atoms with Crippen molar-refractivity contribution in [1.29, 1.82) is 0 Å². The Balaban J connectivity index is 1.43. The molecular formula is C52H60F2N10O12. The van der Waals surface area contributed by atoms with Gasteiger partial charge in [-0.2, -0.15) is 0 Å². The first-order chi connectivity index (χ1) is 36.0. The summed E-state index contributed by atoms with van der Waals surface area (Å²) in [5.41, 5.74) is 6.53. The number of benzene rings is 2. The quantitative estimate of drug-likeness (QED) is 0.0303. The fraction of sp³-hybridized carbons (Fsp3) is 0.365. The summed E-state index contributed by atoms with van der Waals surface area (Å²) in [6, 6.07) is 11.2. The maximum Gasteiger partial charge on any atom is 0.303 e. The summed E-state index contributed by atoms with van der Waals surface area (Å²) in [7, 11) is 0. The lowest BCUT2D eigenvalue weighted by Crippen LogP contribution is -2.56. The van der Waals surface area contributed by atoms with Crippen molar-refractivity contribution in [3.63, 3.8) is 0 Å². The van der Waals surface area contributed by atoms with Gasteiger partial charge in [0, 0.05) is 80.2 Å². The van der Waals surface area contributed by atoms with E-state index in [1.165, 1.54) is 17.3 Å². The monoisotopic (exact) mass is 1050 g/mol. The number of hydrogen-bond acceptors (Lipinski definition) is 12. The maximum absolute atomic E-state index is 15.4. The Bertz CT molecular complexity index is 2800. The normalized spacial score (nSPS) is 13.7. The minimum Gasteiger partial charge on any atom is -0.481 e. The lowest BCUT2D eigenvalue weighted by Gasteiger charge is -2.41. The third kappa shape index (κ3) is 16.9. The molecule has 4 atom stereocenters. The first-order valence-corrected chi connectivity index (χ1v) is 24.0. The van der Waals surface area contributed by atoms with Crippen LogP contribution < -0.4 is 32.3 Å². The van der Waals surface area contributed by atoms with Crippen LogP contribution in [-0.4, -0.2) is 140 Å². The summed E-state index contributed by atoms with van der Waals surface area (Å²) >= 11 is 0. The van der Waals surface area contributed by atoms with Crippen LogP contribution in [0, 0.1) is 17.0 Å². The SMILES string of the molecule is CC(C)(C)[C@H](c1cc(-c2cc(F)ccc2F)cn1Cc1ccccc1)N(CC[C@H](NC(=O)[C@H](CC(N)=O)NC(=O)Cc1ccncc1)C(=O)NCCNC(=O)[C@@H](CCC(=O)O)NC(=O)CN1C(=O)C=CC1=O)C(=O)CO. The van der Waals surface area contributed by atoms with E-state index < -0.39 is 139 Å². The van der Waals surface area contributed by atoms with E-state index in [0.29, 0.717) is 16.2 Å². The number of imide groups is 1. The number of hydrogen-bond donors (Lipinski definition) is 8. The van der Waals surface area contributed by atoms with E-state index in [9.17, 15) is 62.5 Å². The zero-order valence-electron chi connectivity index (χ0n) is 41.9. The fourth-order valence-electron chi connectivity index (χ4n) is 8.38. The van der Waals surface area contributed by atoms with Gasteiger partial charge in [-0.25, -0.2) is 8.78 Å². The van der Waals surface area contributed by atoms with Crippen LogP contribution in [0.2, 0.25) is 0 Å². The summed E-state index contributed by atoms with van der Waals surface area (Å²) in [5, 5.41) is 32.1. The van der Waals surface area contributed by atoms with Crippen molar-refractivity contribution in [3.05, 3.63) is 126 Å². The lowest BCUT2D eigenvalue weighted by molar-refractivity contribution is -0.141. The van der Waals surface area contributed by atoms with Crippen LogP contribution in [-0.2, 0) is 60.9 Å². The fourth-order valence-corrected chi connectivity index (χ4v) is 8.38. The van der Waals surface area contributed by atoms with Crippen LogP contribution in [0.4, 0.5) is 8.78 Å². The number of carbonyl (C=O) groups is 10. The molecule has 1 aliphatic heterocycles. The van der Waals surface area contributed by atoms with E-state index in [1.807, 2.05) is 30.3 Å². The van der Waals surface area contributed by atoms with Gasteiger partial charge in [0.2, 0.25) is 41.4 Å². The van der Waals surface area contributed by atoms with Gasteiger partial charge in [0.05, 0.1) is 18.9 Å². The number of carboxylic acid groups (broad SMARTS) is 1. The molecule has 0 radical (unpaired) electrons.